The Morgan fingerprint density at radius 1 is 1.04 bits per heavy atom. The average Bonchev–Trinajstić information content (AvgIpc) is 3.18. The number of hydrogen-bond donors (Lipinski definition) is 2. The first-order valence-corrected chi connectivity index (χ1v) is 10.6. The number of likely N-dealkylation sites (tertiary alicyclic amines) is 1. The van der Waals surface area contributed by atoms with Gasteiger partial charge in [-0.1, -0.05) is 26.7 Å². The van der Waals surface area contributed by atoms with Crippen LogP contribution in [0.25, 0.3) is 0 Å². The summed E-state index contributed by atoms with van der Waals surface area (Å²) in [7, 11) is 1.70. The molecule has 1 aliphatic rings. The molecule has 1 atom stereocenters. The summed E-state index contributed by atoms with van der Waals surface area (Å²) >= 11 is 0. The Bertz CT molecular complexity index is 354. The summed E-state index contributed by atoms with van der Waals surface area (Å²) in [5.41, 5.74) is 0. The maximum absolute atomic E-state index is 5.51. The first kappa shape index (κ1) is 23.2. The second-order valence-electron chi connectivity index (χ2n) is 6.99. The van der Waals surface area contributed by atoms with Crippen LogP contribution in [-0.4, -0.2) is 76.6 Å². The Morgan fingerprint density at radius 3 is 2.38 bits per heavy atom. The summed E-state index contributed by atoms with van der Waals surface area (Å²) in [6, 6.07) is 0.570. The van der Waals surface area contributed by atoms with E-state index in [0.29, 0.717) is 19.3 Å². The summed E-state index contributed by atoms with van der Waals surface area (Å²) in [5.74, 6) is 1.66. The fraction of sp³-hybridized carbons (Fsp3) is 0.950. The Morgan fingerprint density at radius 2 is 1.77 bits per heavy atom. The molecule has 1 fully saturated rings. The van der Waals surface area contributed by atoms with E-state index in [-0.39, 0.29) is 0 Å². The number of methoxy groups -OCH3 is 1. The molecular weight excluding hydrogens is 328 g/mol. The van der Waals surface area contributed by atoms with Crippen molar-refractivity contribution in [2.45, 2.75) is 58.9 Å². The Kier molecular flexibility index (Phi) is 13.6. The SMILES string of the molecule is CCNC(=NCC(C(CC)CC)N1CCCC1)NCCCOCCOC. The minimum absolute atomic E-state index is 0.570. The maximum Gasteiger partial charge on any atom is 0.191 e. The van der Waals surface area contributed by atoms with E-state index < -0.39 is 0 Å². The van der Waals surface area contributed by atoms with Crippen molar-refractivity contribution in [3.05, 3.63) is 0 Å². The van der Waals surface area contributed by atoms with Gasteiger partial charge in [0.2, 0.25) is 0 Å². The third-order valence-electron chi connectivity index (χ3n) is 5.17. The molecule has 6 nitrogen and oxygen atoms in total. The van der Waals surface area contributed by atoms with Crippen molar-refractivity contribution < 1.29 is 9.47 Å². The summed E-state index contributed by atoms with van der Waals surface area (Å²) in [6.07, 6.45) is 6.10. The van der Waals surface area contributed by atoms with Crippen LogP contribution in [0, 0.1) is 5.92 Å². The highest BCUT2D eigenvalue weighted by Crippen LogP contribution is 2.23. The second-order valence-corrected chi connectivity index (χ2v) is 6.99. The molecular formula is C20H42N4O2. The molecule has 0 aliphatic carbocycles. The van der Waals surface area contributed by atoms with Gasteiger partial charge in [-0.15, -0.1) is 0 Å². The van der Waals surface area contributed by atoms with E-state index in [2.05, 4.69) is 36.3 Å². The lowest BCUT2D eigenvalue weighted by molar-refractivity contribution is 0.0698. The molecule has 0 radical (unpaired) electrons. The van der Waals surface area contributed by atoms with Crippen LogP contribution in [0.1, 0.15) is 52.9 Å². The lowest BCUT2D eigenvalue weighted by atomic mass is 9.93. The molecule has 1 saturated heterocycles. The monoisotopic (exact) mass is 370 g/mol. The van der Waals surface area contributed by atoms with E-state index in [1.54, 1.807) is 7.11 Å². The zero-order valence-electron chi connectivity index (χ0n) is 17.6. The highest BCUT2D eigenvalue weighted by molar-refractivity contribution is 5.79. The van der Waals surface area contributed by atoms with Crippen LogP contribution in [-0.2, 0) is 9.47 Å². The van der Waals surface area contributed by atoms with E-state index in [1.807, 2.05) is 0 Å². The van der Waals surface area contributed by atoms with E-state index in [4.69, 9.17) is 14.5 Å². The molecule has 0 spiro atoms. The van der Waals surface area contributed by atoms with E-state index in [9.17, 15) is 0 Å². The molecule has 1 aliphatic heterocycles. The number of guanidine groups is 1. The molecule has 0 saturated carbocycles. The molecule has 1 heterocycles. The van der Waals surface area contributed by atoms with Crippen LogP contribution >= 0.6 is 0 Å². The normalized spacial score (nSPS) is 17.0. The molecule has 2 N–H and O–H groups in total. The highest BCUT2D eigenvalue weighted by atomic mass is 16.5. The maximum atomic E-state index is 5.51. The number of hydrogen-bond acceptors (Lipinski definition) is 4. The molecule has 0 aromatic rings. The fourth-order valence-electron chi connectivity index (χ4n) is 3.62. The van der Waals surface area contributed by atoms with Gasteiger partial charge in [-0.05, 0) is 45.2 Å². The zero-order valence-corrected chi connectivity index (χ0v) is 17.6. The molecule has 1 rings (SSSR count). The number of nitrogens with zero attached hydrogens (tertiary/aromatic N) is 2. The van der Waals surface area contributed by atoms with Gasteiger partial charge in [0.15, 0.2) is 5.96 Å². The molecule has 0 aromatic heterocycles. The lowest BCUT2D eigenvalue weighted by Gasteiger charge is -2.32. The lowest BCUT2D eigenvalue weighted by Crippen LogP contribution is -2.43. The van der Waals surface area contributed by atoms with Gasteiger partial charge in [0, 0.05) is 32.8 Å². The van der Waals surface area contributed by atoms with Gasteiger partial charge < -0.3 is 20.1 Å². The Labute approximate surface area is 161 Å². The largest absolute Gasteiger partial charge is 0.382 e. The summed E-state index contributed by atoms with van der Waals surface area (Å²) < 4.78 is 10.5. The molecule has 0 aromatic carbocycles. The zero-order chi connectivity index (χ0) is 19.0. The third kappa shape index (κ3) is 9.19. The van der Waals surface area contributed by atoms with Gasteiger partial charge in [-0.2, -0.15) is 0 Å². The van der Waals surface area contributed by atoms with Gasteiger partial charge in [0.1, 0.15) is 0 Å². The standard InChI is InChI=1S/C20H42N4O2/c1-5-18(6-2)19(24-12-8-9-13-24)17-23-20(21-7-3)22-11-10-14-26-16-15-25-4/h18-19H,5-17H2,1-4H3,(H2,21,22,23). The number of ether oxygens (including phenoxy) is 2. The summed E-state index contributed by atoms with van der Waals surface area (Å²) in [6.45, 7) is 13.9. The van der Waals surface area contributed by atoms with Gasteiger partial charge >= 0.3 is 0 Å². The molecule has 0 amide bonds. The minimum atomic E-state index is 0.570. The number of aliphatic imine (C=N–C) groups is 1. The molecule has 26 heavy (non-hydrogen) atoms. The number of rotatable bonds is 14. The minimum Gasteiger partial charge on any atom is -0.382 e. The van der Waals surface area contributed by atoms with Crippen molar-refractivity contribution in [3.63, 3.8) is 0 Å². The highest BCUT2D eigenvalue weighted by Gasteiger charge is 2.27. The Balaban J connectivity index is 2.47. The fourth-order valence-corrected chi connectivity index (χ4v) is 3.62. The molecule has 0 bridgehead atoms. The third-order valence-corrected chi connectivity index (χ3v) is 5.17. The van der Waals surface area contributed by atoms with Crippen molar-refractivity contribution >= 4 is 5.96 Å². The van der Waals surface area contributed by atoms with Crippen molar-refractivity contribution in [2.75, 3.05) is 59.7 Å². The predicted molar refractivity (Wildman–Crippen MR) is 110 cm³/mol. The van der Waals surface area contributed by atoms with Crippen molar-refractivity contribution in [1.82, 2.24) is 15.5 Å². The van der Waals surface area contributed by atoms with Crippen molar-refractivity contribution in [2.24, 2.45) is 10.9 Å². The topological polar surface area (TPSA) is 58.1 Å². The first-order valence-electron chi connectivity index (χ1n) is 10.6. The predicted octanol–water partition coefficient (Wildman–Crippen LogP) is 2.50. The summed E-state index contributed by atoms with van der Waals surface area (Å²) in [4.78, 5) is 7.58. The average molecular weight is 371 g/mol. The van der Waals surface area contributed by atoms with Crippen LogP contribution in [0.5, 0.6) is 0 Å². The van der Waals surface area contributed by atoms with Gasteiger partial charge in [-0.25, -0.2) is 0 Å². The van der Waals surface area contributed by atoms with Gasteiger partial charge in [0.05, 0.1) is 19.8 Å². The first-order chi connectivity index (χ1) is 12.8. The number of nitrogens with one attached hydrogen (secondary N) is 2. The van der Waals surface area contributed by atoms with Crippen molar-refractivity contribution in [3.8, 4) is 0 Å². The van der Waals surface area contributed by atoms with Crippen LogP contribution in [0.3, 0.4) is 0 Å². The van der Waals surface area contributed by atoms with E-state index in [1.165, 1.54) is 38.8 Å². The smallest absolute Gasteiger partial charge is 0.191 e. The van der Waals surface area contributed by atoms with Crippen LogP contribution < -0.4 is 10.6 Å². The van der Waals surface area contributed by atoms with Crippen LogP contribution in [0.15, 0.2) is 4.99 Å². The molecule has 6 heteroatoms. The second kappa shape index (κ2) is 15.2. The quantitative estimate of drug-likeness (QED) is 0.279. The van der Waals surface area contributed by atoms with E-state index >= 15 is 0 Å². The molecule has 1 unspecified atom stereocenters. The van der Waals surface area contributed by atoms with Gasteiger partial charge in [0.25, 0.3) is 0 Å². The van der Waals surface area contributed by atoms with Gasteiger partial charge in [-0.3, -0.25) is 9.89 Å². The Hall–Kier alpha value is -0.850. The summed E-state index contributed by atoms with van der Waals surface area (Å²) in [5, 5.41) is 6.82. The van der Waals surface area contributed by atoms with E-state index in [0.717, 1.165) is 44.5 Å². The van der Waals surface area contributed by atoms with Crippen molar-refractivity contribution in [1.29, 1.82) is 0 Å². The molecule has 154 valence electrons. The van der Waals surface area contributed by atoms with Crippen LogP contribution in [0.2, 0.25) is 0 Å². The van der Waals surface area contributed by atoms with Crippen LogP contribution in [0.4, 0.5) is 0 Å².